The number of benzene rings is 2. The molecule has 1 aliphatic rings. The van der Waals surface area contributed by atoms with Crippen LogP contribution in [0.4, 0.5) is 11.4 Å². The number of nitro benzene ring substituents is 1. The summed E-state index contributed by atoms with van der Waals surface area (Å²) >= 11 is 3.32. The van der Waals surface area contributed by atoms with E-state index in [1.54, 1.807) is 7.11 Å². The van der Waals surface area contributed by atoms with E-state index in [1.807, 2.05) is 38.1 Å². The number of hydrogen-bond acceptors (Lipinski definition) is 5. The maximum atomic E-state index is 12.7. The molecule has 1 aliphatic carbocycles. The van der Waals surface area contributed by atoms with Crippen molar-refractivity contribution in [2.75, 3.05) is 12.4 Å². The Hall–Kier alpha value is -2.45. The Balaban J connectivity index is 1.59. The summed E-state index contributed by atoms with van der Waals surface area (Å²) in [6, 6.07) is 9.18. The number of rotatable bonds is 7. The monoisotopic (exact) mass is 475 g/mol. The third-order valence-corrected chi connectivity index (χ3v) is 6.12. The van der Waals surface area contributed by atoms with Gasteiger partial charge in [-0.3, -0.25) is 14.9 Å². The van der Waals surface area contributed by atoms with Gasteiger partial charge >= 0.3 is 0 Å². The minimum atomic E-state index is -0.352. The predicted molar refractivity (Wildman–Crippen MR) is 120 cm³/mol. The highest BCUT2D eigenvalue weighted by atomic mass is 79.9. The Morgan fingerprint density at radius 2 is 2.00 bits per heavy atom. The molecule has 0 unspecified atom stereocenters. The number of carbonyl (C=O) groups excluding carboxylic acids is 1. The van der Waals surface area contributed by atoms with Crippen LogP contribution in [0, 0.1) is 29.9 Å². The van der Waals surface area contributed by atoms with Crippen LogP contribution < -0.4 is 15.4 Å². The number of nitrogens with zero attached hydrogens (tertiary/aromatic N) is 1. The van der Waals surface area contributed by atoms with E-state index >= 15 is 0 Å². The number of halogens is 1. The molecule has 2 atom stereocenters. The summed E-state index contributed by atoms with van der Waals surface area (Å²) in [5.74, 6) is 0.650. The van der Waals surface area contributed by atoms with E-state index < -0.39 is 0 Å². The van der Waals surface area contributed by atoms with Crippen LogP contribution in [0.5, 0.6) is 5.75 Å². The Morgan fingerprint density at radius 1 is 1.23 bits per heavy atom. The van der Waals surface area contributed by atoms with Crippen molar-refractivity contribution in [3.63, 3.8) is 0 Å². The molecule has 0 saturated heterocycles. The third kappa shape index (κ3) is 5.17. The highest BCUT2D eigenvalue weighted by Crippen LogP contribution is 2.31. The summed E-state index contributed by atoms with van der Waals surface area (Å²) in [6.45, 7) is 4.23. The van der Waals surface area contributed by atoms with Crippen molar-refractivity contribution in [2.45, 2.75) is 45.7 Å². The van der Waals surface area contributed by atoms with E-state index in [0.717, 1.165) is 35.4 Å². The predicted octanol–water partition coefficient (Wildman–Crippen LogP) is 4.88. The zero-order valence-electron chi connectivity index (χ0n) is 17.3. The normalized spacial score (nSPS) is 18.3. The van der Waals surface area contributed by atoms with Gasteiger partial charge in [0.25, 0.3) is 5.69 Å². The summed E-state index contributed by atoms with van der Waals surface area (Å²) in [7, 11) is 1.61. The Labute approximate surface area is 184 Å². The summed E-state index contributed by atoms with van der Waals surface area (Å²) in [5.41, 5.74) is 3.39. The molecule has 8 heteroatoms. The highest BCUT2D eigenvalue weighted by molar-refractivity contribution is 9.10. The van der Waals surface area contributed by atoms with Gasteiger partial charge in [-0.25, -0.2) is 0 Å². The molecule has 7 nitrogen and oxygen atoms in total. The molecule has 0 spiro atoms. The first-order valence-corrected chi connectivity index (χ1v) is 10.7. The molecule has 1 fully saturated rings. The largest absolute Gasteiger partial charge is 0.496 e. The zero-order chi connectivity index (χ0) is 21.8. The van der Waals surface area contributed by atoms with E-state index in [9.17, 15) is 14.9 Å². The van der Waals surface area contributed by atoms with Crippen molar-refractivity contribution in [3.05, 3.63) is 61.6 Å². The lowest BCUT2D eigenvalue weighted by Crippen LogP contribution is -2.28. The number of hydrogen-bond donors (Lipinski definition) is 2. The smallest absolute Gasteiger partial charge is 0.275 e. The van der Waals surface area contributed by atoms with Gasteiger partial charge in [0.2, 0.25) is 5.91 Å². The molecule has 2 N–H and O–H groups in total. The van der Waals surface area contributed by atoms with Gasteiger partial charge in [-0.1, -0.05) is 22.0 Å². The lowest BCUT2D eigenvalue weighted by Gasteiger charge is -2.15. The number of anilines is 1. The van der Waals surface area contributed by atoms with Crippen LogP contribution >= 0.6 is 15.9 Å². The molecule has 2 aromatic rings. The molecule has 1 amide bonds. The van der Waals surface area contributed by atoms with Gasteiger partial charge in [-0.05, 0) is 56.4 Å². The Kier molecular flexibility index (Phi) is 7.10. The van der Waals surface area contributed by atoms with Gasteiger partial charge in [0.05, 0.1) is 12.0 Å². The minimum Gasteiger partial charge on any atom is -0.496 e. The van der Waals surface area contributed by atoms with Crippen molar-refractivity contribution in [1.29, 1.82) is 0 Å². The summed E-state index contributed by atoms with van der Waals surface area (Å²) < 4.78 is 6.01. The first kappa shape index (κ1) is 22.2. The van der Waals surface area contributed by atoms with E-state index in [-0.39, 0.29) is 28.5 Å². The fourth-order valence-corrected chi connectivity index (χ4v) is 4.50. The van der Waals surface area contributed by atoms with E-state index in [2.05, 4.69) is 26.6 Å². The first-order valence-electron chi connectivity index (χ1n) is 9.90. The van der Waals surface area contributed by atoms with E-state index in [0.29, 0.717) is 23.0 Å². The van der Waals surface area contributed by atoms with Gasteiger partial charge in [0.15, 0.2) is 0 Å². The molecular weight excluding hydrogens is 450 g/mol. The minimum absolute atomic E-state index is 0.00370. The molecule has 30 heavy (non-hydrogen) atoms. The van der Waals surface area contributed by atoms with E-state index in [1.165, 1.54) is 6.07 Å². The third-order valence-electron chi connectivity index (χ3n) is 5.66. The van der Waals surface area contributed by atoms with E-state index in [4.69, 9.17) is 4.74 Å². The SMILES string of the molecule is COc1cc(NC(=O)[C@@H]2CC[C@@H](NCc3c(C)cc(Br)cc3[N+](=O)[O-])C2)ccc1C. The number of nitrogens with one attached hydrogen (secondary N) is 2. The highest BCUT2D eigenvalue weighted by Gasteiger charge is 2.30. The van der Waals surface area contributed by atoms with Crippen LogP contribution in [-0.2, 0) is 11.3 Å². The zero-order valence-corrected chi connectivity index (χ0v) is 18.9. The van der Waals surface area contributed by atoms with Crippen LogP contribution in [0.25, 0.3) is 0 Å². The van der Waals surface area contributed by atoms with Crippen LogP contribution in [0.1, 0.15) is 36.0 Å². The Bertz CT molecular complexity index is 964. The Morgan fingerprint density at radius 3 is 2.70 bits per heavy atom. The number of carbonyl (C=O) groups is 1. The second kappa shape index (κ2) is 9.57. The number of ether oxygens (including phenoxy) is 1. The molecule has 2 aromatic carbocycles. The van der Waals surface area contributed by atoms with Crippen LogP contribution in [0.2, 0.25) is 0 Å². The van der Waals surface area contributed by atoms with Gasteiger partial charge in [-0.2, -0.15) is 0 Å². The standard InChI is InChI=1S/C22H26BrN3O4/c1-13-4-6-18(11-21(13)30-3)25-22(27)15-5-7-17(9-15)24-12-19-14(2)8-16(23)10-20(19)26(28)29/h4,6,8,10-11,15,17,24H,5,7,9,12H2,1-3H3,(H,25,27)/t15-,17-/m1/s1. The molecule has 160 valence electrons. The molecule has 0 aromatic heterocycles. The van der Waals surface area contributed by atoms with Crippen molar-refractivity contribution in [1.82, 2.24) is 5.32 Å². The average Bonchev–Trinajstić information content (AvgIpc) is 3.17. The van der Waals surface area contributed by atoms with Gasteiger partial charge in [0, 0.05) is 46.4 Å². The van der Waals surface area contributed by atoms with Gasteiger partial charge < -0.3 is 15.4 Å². The number of amides is 1. The molecule has 1 saturated carbocycles. The number of aryl methyl sites for hydroxylation is 2. The average molecular weight is 476 g/mol. The van der Waals surface area contributed by atoms with Crippen molar-refractivity contribution in [2.24, 2.45) is 5.92 Å². The maximum absolute atomic E-state index is 12.7. The topological polar surface area (TPSA) is 93.5 Å². The molecule has 3 rings (SSSR count). The second-order valence-corrected chi connectivity index (χ2v) is 8.65. The number of methoxy groups -OCH3 is 1. The lowest BCUT2D eigenvalue weighted by molar-refractivity contribution is -0.385. The van der Waals surface area contributed by atoms with Gasteiger partial charge in [-0.15, -0.1) is 0 Å². The summed E-state index contributed by atoms with van der Waals surface area (Å²) in [4.78, 5) is 23.7. The quantitative estimate of drug-likeness (QED) is 0.439. The molecule has 0 aliphatic heterocycles. The molecule has 0 radical (unpaired) electrons. The fraction of sp³-hybridized carbons (Fsp3) is 0.409. The summed E-state index contributed by atoms with van der Waals surface area (Å²) in [5, 5.41) is 17.8. The van der Waals surface area contributed by atoms with Crippen molar-refractivity contribution in [3.8, 4) is 5.75 Å². The molecular formula is C22H26BrN3O4. The van der Waals surface area contributed by atoms with Gasteiger partial charge in [0.1, 0.15) is 5.75 Å². The molecule has 0 heterocycles. The van der Waals surface area contributed by atoms with Crippen LogP contribution in [0.15, 0.2) is 34.8 Å². The lowest BCUT2D eigenvalue weighted by atomic mass is 10.1. The summed E-state index contributed by atoms with van der Waals surface area (Å²) in [6.07, 6.45) is 2.35. The van der Waals surface area contributed by atoms with Crippen molar-refractivity contribution >= 4 is 33.2 Å². The number of nitro groups is 1. The van der Waals surface area contributed by atoms with Crippen LogP contribution in [0.3, 0.4) is 0 Å². The maximum Gasteiger partial charge on any atom is 0.275 e. The fourth-order valence-electron chi connectivity index (χ4n) is 3.94. The van der Waals surface area contributed by atoms with Crippen molar-refractivity contribution < 1.29 is 14.5 Å². The second-order valence-electron chi connectivity index (χ2n) is 7.74. The molecule has 0 bridgehead atoms. The van der Waals surface area contributed by atoms with Crippen LogP contribution in [-0.4, -0.2) is 24.0 Å². The first-order chi connectivity index (χ1) is 14.3.